The predicted molar refractivity (Wildman–Crippen MR) is 69.9 cm³/mol. The summed E-state index contributed by atoms with van der Waals surface area (Å²) >= 11 is 0. The minimum atomic E-state index is 0.0861. The lowest BCUT2D eigenvalue weighted by Gasteiger charge is -2.22. The number of hydrogen-bond donors (Lipinski definition) is 0. The van der Waals surface area contributed by atoms with Gasteiger partial charge >= 0.3 is 0 Å². The molecule has 1 aliphatic heterocycles. The lowest BCUT2D eigenvalue weighted by atomic mass is 9.85. The fraction of sp³-hybridized carbons (Fsp3) is 1.00. The molecule has 0 amide bonds. The SMILES string of the molecule is CO[C@@H]1OC[C@H]2CCCCCCCCCC[C@@H]21. The molecule has 1 saturated heterocycles. The lowest BCUT2D eigenvalue weighted by Crippen LogP contribution is -2.22. The van der Waals surface area contributed by atoms with Crippen molar-refractivity contribution in [3.8, 4) is 0 Å². The highest BCUT2D eigenvalue weighted by molar-refractivity contribution is 4.79. The molecule has 2 fully saturated rings. The van der Waals surface area contributed by atoms with E-state index in [0.29, 0.717) is 5.92 Å². The lowest BCUT2D eigenvalue weighted by molar-refractivity contribution is -0.111. The molecule has 100 valence electrons. The number of ether oxygens (including phenoxy) is 2. The van der Waals surface area contributed by atoms with Crippen LogP contribution in [0.25, 0.3) is 0 Å². The second-order valence-electron chi connectivity index (χ2n) is 5.77. The third-order valence-corrected chi connectivity index (χ3v) is 4.52. The first-order valence-electron chi connectivity index (χ1n) is 7.56. The molecule has 3 atom stereocenters. The van der Waals surface area contributed by atoms with E-state index in [1.54, 1.807) is 7.11 Å². The van der Waals surface area contributed by atoms with E-state index in [-0.39, 0.29) is 6.29 Å². The topological polar surface area (TPSA) is 18.5 Å². The molecule has 0 N–H and O–H groups in total. The summed E-state index contributed by atoms with van der Waals surface area (Å²) in [6, 6.07) is 0. The zero-order valence-electron chi connectivity index (χ0n) is 11.3. The quantitative estimate of drug-likeness (QED) is 0.686. The Labute approximate surface area is 106 Å². The normalized spacial score (nSPS) is 36.9. The summed E-state index contributed by atoms with van der Waals surface area (Å²) in [6.45, 7) is 0.934. The van der Waals surface area contributed by atoms with Crippen LogP contribution in [0.2, 0.25) is 0 Å². The van der Waals surface area contributed by atoms with Crippen LogP contribution in [0.4, 0.5) is 0 Å². The highest BCUT2D eigenvalue weighted by Crippen LogP contribution is 2.35. The van der Waals surface area contributed by atoms with Gasteiger partial charge in [0, 0.05) is 13.0 Å². The number of hydrogen-bond acceptors (Lipinski definition) is 2. The molecule has 0 unspecified atom stereocenters. The number of fused-ring (bicyclic) bond motifs is 1. The maximum absolute atomic E-state index is 5.78. The molecule has 1 aliphatic carbocycles. The monoisotopic (exact) mass is 240 g/mol. The average molecular weight is 240 g/mol. The Morgan fingerprint density at radius 2 is 1.41 bits per heavy atom. The Hall–Kier alpha value is -0.0800. The van der Waals surface area contributed by atoms with Gasteiger partial charge in [-0.25, -0.2) is 0 Å². The van der Waals surface area contributed by atoms with Crippen molar-refractivity contribution in [3.05, 3.63) is 0 Å². The summed E-state index contributed by atoms with van der Waals surface area (Å²) in [5.41, 5.74) is 0. The Bertz CT molecular complexity index is 205. The van der Waals surface area contributed by atoms with Gasteiger partial charge in [-0.05, 0) is 18.8 Å². The van der Waals surface area contributed by atoms with Crippen LogP contribution in [0.1, 0.15) is 64.2 Å². The van der Waals surface area contributed by atoms with Crippen LogP contribution in [-0.2, 0) is 9.47 Å². The maximum Gasteiger partial charge on any atom is 0.160 e. The molecule has 17 heavy (non-hydrogen) atoms. The highest BCUT2D eigenvalue weighted by atomic mass is 16.7. The summed E-state index contributed by atoms with van der Waals surface area (Å²) in [4.78, 5) is 0. The third-order valence-electron chi connectivity index (χ3n) is 4.52. The molecule has 2 nitrogen and oxygen atoms in total. The predicted octanol–water partition coefficient (Wildman–Crippen LogP) is 4.14. The highest BCUT2D eigenvalue weighted by Gasteiger charge is 2.36. The molecule has 1 heterocycles. The van der Waals surface area contributed by atoms with Gasteiger partial charge in [-0.3, -0.25) is 0 Å². The van der Waals surface area contributed by atoms with Crippen molar-refractivity contribution in [3.63, 3.8) is 0 Å². The van der Waals surface area contributed by atoms with Crippen LogP contribution in [0.5, 0.6) is 0 Å². The van der Waals surface area contributed by atoms with Gasteiger partial charge in [-0.15, -0.1) is 0 Å². The molecule has 0 aromatic heterocycles. The number of methoxy groups -OCH3 is 1. The molecule has 1 saturated carbocycles. The Balaban J connectivity index is 1.86. The average Bonchev–Trinajstić information content (AvgIpc) is 2.71. The first-order chi connectivity index (χ1) is 8.42. The van der Waals surface area contributed by atoms with E-state index in [1.165, 1.54) is 64.2 Å². The summed E-state index contributed by atoms with van der Waals surface area (Å²) in [5.74, 6) is 1.43. The fourth-order valence-electron chi connectivity index (χ4n) is 3.45. The van der Waals surface area contributed by atoms with Crippen LogP contribution >= 0.6 is 0 Å². The molecule has 0 radical (unpaired) electrons. The fourth-order valence-corrected chi connectivity index (χ4v) is 3.45. The molecular weight excluding hydrogens is 212 g/mol. The maximum atomic E-state index is 5.78. The van der Waals surface area contributed by atoms with E-state index in [2.05, 4.69) is 0 Å². The summed E-state index contributed by atoms with van der Waals surface area (Å²) < 4.78 is 11.3. The molecule has 2 aliphatic rings. The van der Waals surface area contributed by atoms with Gasteiger partial charge in [0.1, 0.15) is 0 Å². The summed E-state index contributed by atoms with van der Waals surface area (Å²) in [6.07, 6.45) is 14.1. The Morgan fingerprint density at radius 1 is 0.824 bits per heavy atom. The molecule has 0 bridgehead atoms. The smallest absolute Gasteiger partial charge is 0.160 e. The van der Waals surface area contributed by atoms with Gasteiger partial charge in [0.05, 0.1) is 6.61 Å². The van der Waals surface area contributed by atoms with Gasteiger partial charge < -0.3 is 9.47 Å². The van der Waals surface area contributed by atoms with Gasteiger partial charge in [-0.2, -0.15) is 0 Å². The molecule has 0 aromatic rings. The van der Waals surface area contributed by atoms with Crippen LogP contribution in [0, 0.1) is 11.8 Å². The second kappa shape index (κ2) is 7.38. The van der Waals surface area contributed by atoms with Crippen molar-refractivity contribution in [2.24, 2.45) is 11.8 Å². The van der Waals surface area contributed by atoms with Crippen molar-refractivity contribution in [1.29, 1.82) is 0 Å². The molecule has 2 rings (SSSR count). The van der Waals surface area contributed by atoms with Gasteiger partial charge in [0.2, 0.25) is 0 Å². The van der Waals surface area contributed by atoms with Crippen molar-refractivity contribution in [2.75, 3.05) is 13.7 Å². The zero-order chi connectivity index (χ0) is 11.9. The molecule has 0 spiro atoms. The van der Waals surface area contributed by atoms with Crippen molar-refractivity contribution in [1.82, 2.24) is 0 Å². The second-order valence-corrected chi connectivity index (χ2v) is 5.77. The van der Waals surface area contributed by atoms with Gasteiger partial charge in [0.25, 0.3) is 0 Å². The zero-order valence-corrected chi connectivity index (χ0v) is 11.3. The van der Waals surface area contributed by atoms with E-state index in [9.17, 15) is 0 Å². The minimum Gasteiger partial charge on any atom is -0.356 e. The van der Waals surface area contributed by atoms with E-state index in [1.807, 2.05) is 0 Å². The minimum absolute atomic E-state index is 0.0861. The Kier molecular flexibility index (Phi) is 5.79. The van der Waals surface area contributed by atoms with Crippen LogP contribution in [0.3, 0.4) is 0 Å². The van der Waals surface area contributed by atoms with Gasteiger partial charge in [0.15, 0.2) is 6.29 Å². The molecular formula is C15H28O2. The van der Waals surface area contributed by atoms with Crippen LogP contribution in [-0.4, -0.2) is 20.0 Å². The largest absolute Gasteiger partial charge is 0.356 e. The Morgan fingerprint density at radius 3 is 2.06 bits per heavy atom. The summed E-state index contributed by atoms with van der Waals surface area (Å²) in [7, 11) is 1.79. The van der Waals surface area contributed by atoms with E-state index in [4.69, 9.17) is 9.47 Å². The van der Waals surface area contributed by atoms with Crippen LogP contribution in [0.15, 0.2) is 0 Å². The van der Waals surface area contributed by atoms with Crippen LogP contribution < -0.4 is 0 Å². The summed E-state index contributed by atoms with van der Waals surface area (Å²) in [5, 5.41) is 0. The van der Waals surface area contributed by atoms with Crippen molar-refractivity contribution in [2.45, 2.75) is 70.5 Å². The van der Waals surface area contributed by atoms with E-state index < -0.39 is 0 Å². The molecule has 0 aromatic carbocycles. The standard InChI is InChI=1S/C15H28O2/c1-16-15-14-11-9-7-5-3-2-4-6-8-10-13(14)12-17-15/h13-15H,2-12H2,1H3/t13-,14+,15-/m1/s1. The third kappa shape index (κ3) is 3.96. The number of rotatable bonds is 1. The van der Waals surface area contributed by atoms with E-state index in [0.717, 1.165) is 12.5 Å². The van der Waals surface area contributed by atoms with Gasteiger partial charge in [-0.1, -0.05) is 51.4 Å². The van der Waals surface area contributed by atoms with E-state index >= 15 is 0 Å². The first-order valence-corrected chi connectivity index (χ1v) is 7.56. The van der Waals surface area contributed by atoms with Crippen molar-refractivity contribution >= 4 is 0 Å². The van der Waals surface area contributed by atoms with Crippen molar-refractivity contribution < 1.29 is 9.47 Å². The molecule has 2 heteroatoms. The first kappa shape index (κ1) is 13.4.